The first-order chi connectivity index (χ1) is 20.0. The third-order valence-electron chi connectivity index (χ3n) is 11.0. The molecule has 1 aromatic carbocycles. The summed E-state index contributed by atoms with van der Waals surface area (Å²) in [5, 5.41) is 8.31. The average molecular weight is 594 g/mol. The smallest absolute Gasteiger partial charge is 0.250 e. The predicted molar refractivity (Wildman–Crippen MR) is 153 cm³/mol. The summed E-state index contributed by atoms with van der Waals surface area (Å²) in [5.74, 6) is 2.18. The molecule has 4 bridgehead atoms. The molecule has 0 saturated heterocycles. The number of aromatic nitrogens is 4. The zero-order chi connectivity index (χ0) is 29.0. The molecule has 0 aliphatic heterocycles. The number of carbonyl (C=O) groups excluding carboxylic acids is 1. The van der Waals surface area contributed by atoms with Crippen molar-refractivity contribution >= 4 is 21.6 Å². The Bertz CT molecular complexity index is 1650. The summed E-state index contributed by atoms with van der Waals surface area (Å²) >= 11 is 0. The zero-order valence-electron chi connectivity index (χ0n) is 23.9. The Morgan fingerprint density at radius 3 is 2.40 bits per heavy atom. The van der Waals surface area contributed by atoms with Gasteiger partial charge in [-0.05, 0) is 99.2 Å². The summed E-state index contributed by atoms with van der Waals surface area (Å²) in [7, 11) is -3.50. The number of hydrogen-bond donors (Lipinski definition) is 0. The van der Waals surface area contributed by atoms with E-state index in [4.69, 9.17) is 9.51 Å². The molecule has 222 valence electrons. The Morgan fingerprint density at radius 1 is 1.07 bits per heavy atom. The molecule has 7 saturated carbocycles. The second-order valence-electron chi connectivity index (χ2n) is 14.3. The number of nitrogens with zero attached hydrogens (tertiary/aromatic N) is 5. The highest BCUT2D eigenvalue weighted by Crippen LogP contribution is 2.71. The number of halogens is 1. The minimum atomic E-state index is -3.50. The summed E-state index contributed by atoms with van der Waals surface area (Å²) in [5.41, 5.74) is 0.938. The summed E-state index contributed by atoms with van der Waals surface area (Å²) in [6, 6.07) is 7.70. The first kappa shape index (κ1) is 26.5. The van der Waals surface area contributed by atoms with Crippen molar-refractivity contribution < 1.29 is 22.1 Å². The number of benzene rings is 1. The molecule has 0 radical (unpaired) electrons. The minimum Gasteiger partial charge on any atom is -0.339 e. The molecule has 0 spiro atoms. The molecule has 0 atom stereocenters. The monoisotopic (exact) mass is 593 g/mol. The number of amides is 1. The van der Waals surface area contributed by atoms with Crippen molar-refractivity contribution in [1.29, 1.82) is 0 Å². The normalized spacial score (nSPS) is 33.2. The van der Waals surface area contributed by atoms with Gasteiger partial charge in [-0.25, -0.2) is 12.8 Å². The van der Waals surface area contributed by atoms with E-state index >= 15 is 0 Å². The largest absolute Gasteiger partial charge is 0.339 e. The maximum absolute atomic E-state index is 14.3. The van der Waals surface area contributed by atoms with Gasteiger partial charge in [-0.15, -0.1) is 0 Å². The Hall–Kier alpha value is -3.08. The van der Waals surface area contributed by atoms with Crippen LogP contribution in [0.5, 0.6) is 0 Å². The number of carbonyl (C=O) groups is 1. The Kier molecular flexibility index (Phi) is 5.52. The first-order valence-electron chi connectivity index (χ1n) is 15.2. The predicted octanol–water partition coefficient (Wildman–Crippen LogP) is 5.53. The molecule has 42 heavy (non-hydrogen) atoms. The molecular formula is C31H36FN5O4S. The van der Waals surface area contributed by atoms with Gasteiger partial charge in [0, 0.05) is 35.5 Å². The Labute approximate surface area is 244 Å². The van der Waals surface area contributed by atoms with Crippen molar-refractivity contribution in [3.63, 3.8) is 0 Å². The lowest BCUT2D eigenvalue weighted by Crippen LogP contribution is -2.65. The molecule has 2 aromatic heterocycles. The van der Waals surface area contributed by atoms with Gasteiger partial charge in [-0.3, -0.25) is 4.79 Å². The van der Waals surface area contributed by atoms with Crippen molar-refractivity contribution in [2.75, 3.05) is 17.7 Å². The summed E-state index contributed by atoms with van der Waals surface area (Å²) in [6.45, 7) is 0.613. The van der Waals surface area contributed by atoms with Crippen LogP contribution in [-0.4, -0.2) is 52.1 Å². The third kappa shape index (κ3) is 4.33. The van der Waals surface area contributed by atoms with Crippen LogP contribution in [0.15, 0.2) is 41.2 Å². The molecule has 2 heterocycles. The minimum absolute atomic E-state index is 0.00528. The van der Waals surface area contributed by atoms with Gasteiger partial charge >= 0.3 is 0 Å². The van der Waals surface area contributed by atoms with Crippen molar-refractivity contribution in [2.45, 2.75) is 94.1 Å². The number of fused-ring (bicyclic) bond motifs is 3. The van der Waals surface area contributed by atoms with Gasteiger partial charge < -0.3 is 9.42 Å². The van der Waals surface area contributed by atoms with Gasteiger partial charge in [0.25, 0.3) is 10.0 Å². The number of alkyl halides is 1. The van der Waals surface area contributed by atoms with E-state index in [0.717, 1.165) is 84.7 Å². The Balaban J connectivity index is 1.06. The highest BCUT2D eigenvalue weighted by molar-refractivity contribution is 7.89. The van der Waals surface area contributed by atoms with Gasteiger partial charge in [0.1, 0.15) is 5.67 Å². The lowest BCUT2D eigenvalue weighted by Gasteiger charge is -2.66. The maximum atomic E-state index is 14.3. The fraction of sp³-hybridized carbons (Fsp3) is 0.613. The van der Waals surface area contributed by atoms with E-state index in [1.165, 1.54) is 12.4 Å². The molecule has 0 unspecified atom stereocenters. The quantitative estimate of drug-likeness (QED) is 0.321. The van der Waals surface area contributed by atoms with Gasteiger partial charge in [-0.2, -0.15) is 14.2 Å². The number of rotatable bonds is 9. The van der Waals surface area contributed by atoms with E-state index in [2.05, 4.69) is 10.3 Å². The van der Waals surface area contributed by atoms with Gasteiger partial charge in [0.2, 0.25) is 11.8 Å². The first-order valence-corrected chi connectivity index (χ1v) is 17.0. The van der Waals surface area contributed by atoms with Crippen molar-refractivity contribution in [3.8, 4) is 11.1 Å². The lowest BCUT2D eigenvalue weighted by atomic mass is 9.41. The molecular weight excluding hydrogens is 557 g/mol. The standard InChI is InChI=1S/C31H36FN5O4S/c1-42(39,40)37-16-23(15-33-37)22-3-2-4-24(13-22)36(25(38)14-29-17-31(32,18-29)19-29)20-28-7-10-30(11-8-28,12-9-28)27-34-26(35-41-27)21-5-6-21/h2-4,13,15-16,21H,5-12,14,17-20H2,1H3. The molecule has 7 fully saturated rings. The van der Waals surface area contributed by atoms with E-state index in [1.807, 2.05) is 29.2 Å². The highest BCUT2D eigenvalue weighted by atomic mass is 32.2. The average Bonchev–Trinajstić information content (AvgIpc) is 3.43. The van der Waals surface area contributed by atoms with E-state index in [1.54, 1.807) is 0 Å². The second kappa shape index (κ2) is 8.74. The van der Waals surface area contributed by atoms with Crippen LogP contribution < -0.4 is 4.90 Å². The number of hydrogen-bond acceptors (Lipinski definition) is 7. The third-order valence-corrected chi connectivity index (χ3v) is 11.9. The maximum Gasteiger partial charge on any atom is 0.250 e. The summed E-state index contributed by atoms with van der Waals surface area (Å²) in [4.78, 5) is 20.8. The molecule has 9 nitrogen and oxygen atoms in total. The topological polar surface area (TPSA) is 111 Å². The van der Waals surface area contributed by atoms with Crippen LogP contribution in [0.4, 0.5) is 10.1 Å². The van der Waals surface area contributed by atoms with Crippen LogP contribution >= 0.6 is 0 Å². The van der Waals surface area contributed by atoms with Gasteiger partial charge in [0.05, 0.1) is 18.6 Å². The second-order valence-corrected chi connectivity index (χ2v) is 16.1. The van der Waals surface area contributed by atoms with Crippen LogP contribution in [0.2, 0.25) is 0 Å². The van der Waals surface area contributed by atoms with Gasteiger partial charge in [0.15, 0.2) is 5.82 Å². The van der Waals surface area contributed by atoms with E-state index in [9.17, 15) is 17.6 Å². The van der Waals surface area contributed by atoms with Crippen molar-refractivity contribution in [3.05, 3.63) is 48.4 Å². The van der Waals surface area contributed by atoms with Crippen LogP contribution in [0.25, 0.3) is 11.1 Å². The van der Waals surface area contributed by atoms with Crippen molar-refractivity contribution in [1.82, 2.24) is 19.3 Å². The van der Waals surface area contributed by atoms with Crippen LogP contribution in [-0.2, 0) is 20.2 Å². The lowest BCUT2D eigenvalue weighted by molar-refractivity contribution is -0.215. The van der Waals surface area contributed by atoms with E-state index < -0.39 is 15.7 Å². The van der Waals surface area contributed by atoms with Crippen LogP contribution in [0.3, 0.4) is 0 Å². The fourth-order valence-corrected chi connectivity index (χ4v) is 8.91. The zero-order valence-corrected chi connectivity index (χ0v) is 24.7. The molecule has 7 aliphatic carbocycles. The number of anilines is 1. The fourth-order valence-electron chi connectivity index (χ4n) is 8.39. The molecule has 0 N–H and O–H groups in total. The Morgan fingerprint density at radius 2 is 1.79 bits per heavy atom. The van der Waals surface area contributed by atoms with Crippen LogP contribution in [0, 0.1) is 10.8 Å². The molecule has 1 amide bonds. The van der Waals surface area contributed by atoms with E-state index in [-0.39, 0.29) is 22.2 Å². The molecule has 7 aliphatic rings. The van der Waals surface area contributed by atoms with E-state index in [0.29, 0.717) is 43.7 Å². The highest BCUT2D eigenvalue weighted by Gasteiger charge is 2.69. The van der Waals surface area contributed by atoms with Gasteiger partial charge in [-0.1, -0.05) is 17.3 Å². The van der Waals surface area contributed by atoms with Crippen LogP contribution in [0.1, 0.15) is 94.7 Å². The summed E-state index contributed by atoms with van der Waals surface area (Å²) < 4.78 is 45.1. The van der Waals surface area contributed by atoms with Crippen molar-refractivity contribution in [2.24, 2.45) is 10.8 Å². The molecule has 10 rings (SSSR count). The molecule has 3 aromatic rings. The summed E-state index contributed by atoms with van der Waals surface area (Å²) in [6.07, 6.45) is 14.1. The SMILES string of the molecule is CS(=O)(=O)n1cc(-c2cccc(N(CC34CCC(c5nc(C6CC6)no5)(CC3)CC4)C(=O)CC34CC(F)(C3)C4)c2)cn1. The molecule has 11 heteroatoms.